The maximum Gasteiger partial charge on any atom is 0.305 e. The van der Waals surface area contributed by atoms with Gasteiger partial charge in [-0.25, -0.2) is 0 Å². The number of aliphatic imine (C=N–C) groups is 1. The Balaban J connectivity index is 0.00000729. The zero-order valence-corrected chi connectivity index (χ0v) is 19.7. The lowest BCUT2D eigenvalue weighted by Gasteiger charge is -2.14. The molecule has 28 heavy (non-hydrogen) atoms. The van der Waals surface area contributed by atoms with Gasteiger partial charge in [-0.2, -0.15) is 0 Å². The van der Waals surface area contributed by atoms with E-state index < -0.39 is 0 Å². The lowest BCUT2D eigenvalue weighted by Crippen LogP contribution is -2.31. The van der Waals surface area contributed by atoms with E-state index in [4.69, 9.17) is 14.2 Å². The monoisotopic (exact) mass is 507 g/mol. The van der Waals surface area contributed by atoms with E-state index in [-0.39, 0.29) is 29.9 Å². The normalized spacial score (nSPS) is 10.6. The summed E-state index contributed by atoms with van der Waals surface area (Å²) in [5.41, 5.74) is 0.877. The minimum absolute atomic E-state index is 0. The number of esters is 1. The standard InChI is InChI=1S/C20H33N3O4.HI/c1-5-26-18-15-16(12-13-17(18)25-4)23-20(21-3)22-14-10-8-7-9-11-19(24)27-6-2;/h12-13,15H,5-11,14H2,1-4H3,(H2,21,22,23);1H. The van der Waals surface area contributed by atoms with Crippen LogP contribution in [0.4, 0.5) is 5.69 Å². The van der Waals surface area contributed by atoms with Crippen LogP contribution in [0, 0.1) is 0 Å². The number of methoxy groups -OCH3 is 1. The first-order valence-electron chi connectivity index (χ1n) is 9.58. The van der Waals surface area contributed by atoms with E-state index in [1.165, 1.54) is 0 Å². The van der Waals surface area contributed by atoms with Crippen LogP contribution in [-0.2, 0) is 9.53 Å². The highest BCUT2D eigenvalue weighted by atomic mass is 127. The highest BCUT2D eigenvalue weighted by Gasteiger charge is 2.07. The van der Waals surface area contributed by atoms with E-state index in [0.717, 1.165) is 37.9 Å². The van der Waals surface area contributed by atoms with Gasteiger partial charge < -0.3 is 24.8 Å². The van der Waals surface area contributed by atoms with Crippen molar-refractivity contribution in [1.29, 1.82) is 0 Å². The maximum absolute atomic E-state index is 11.3. The largest absolute Gasteiger partial charge is 0.493 e. The predicted octanol–water partition coefficient (Wildman–Crippen LogP) is 4.21. The van der Waals surface area contributed by atoms with Crippen molar-refractivity contribution < 1.29 is 19.0 Å². The Bertz CT molecular complexity index is 597. The molecule has 1 rings (SSSR count). The van der Waals surface area contributed by atoms with Crippen LogP contribution in [0.3, 0.4) is 0 Å². The Morgan fingerprint density at radius 2 is 1.82 bits per heavy atom. The Kier molecular flexibility index (Phi) is 15.3. The number of nitrogens with zero attached hydrogens (tertiary/aromatic N) is 1. The van der Waals surface area contributed by atoms with Gasteiger partial charge in [-0.05, 0) is 38.8 Å². The summed E-state index contributed by atoms with van der Waals surface area (Å²) in [5.74, 6) is 2.00. The van der Waals surface area contributed by atoms with Crippen molar-refractivity contribution in [2.45, 2.75) is 46.0 Å². The highest BCUT2D eigenvalue weighted by Crippen LogP contribution is 2.30. The SMILES string of the molecule is CCOC(=O)CCCCCCNC(=NC)Nc1ccc(OC)c(OCC)c1.I. The molecule has 0 radical (unpaired) electrons. The summed E-state index contributed by atoms with van der Waals surface area (Å²) < 4.78 is 15.8. The summed E-state index contributed by atoms with van der Waals surface area (Å²) in [4.78, 5) is 15.5. The third-order valence-corrected chi connectivity index (χ3v) is 3.86. The number of rotatable bonds is 12. The number of carbonyl (C=O) groups excluding carboxylic acids is 1. The van der Waals surface area contributed by atoms with Crippen molar-refractivity contribution in [3.8, 4) is 11.5 Å². The van der Waals surface area contributed by atoms with Crippen LogP contribution in [0.25, 0.3) is 0 Å². The summed E-state index contributed by atoms with van der Waals surface area (Å²) >= 11 is 0. The van der Waals surface area contributed by atoms with E-state index in [1.807, 2.05) is 32.0 Å². The minimum Gasteiger partial charge on any atom is -0.493 e. The Labute approximate surface area is 185 Å². The molecular formula is C20H34IN3O4. The van der Waals surface area contributed by atoms with E-state index in [0.29, 0.717) is 37.1 Å². The Morgan fingerprint density at radius 1 is 1.07 bits per heavy atom. The molecule has 1 aromatic carbocycles. The topological polar surface area (TPSA) is 81.2 Å². The first kappa shape index (κ1) is 26.3. The Morgan fingerprint density at radius 3 is 2.46 bits per heavy atom. The molecule has 0 heterocycles. The van der Waals surface area contributed by atoms with Gasteiger partial charge in [0.15, 0.2) is 17.5 Å². The molecule has 0 aliphatic heterocycles. The van der Waals surface area contributed by atoms with E-state index in [9.17, 15) is 4.79 Å². The summed E-state index contributed by atoms with van der Waals surface area (Å²) in [5, 5.41) is 6.55. The number of ether oxygens (including phenoxy) is 3. The van der Waals surface area contributed by atoms with E-state index in [2.05, 4.69) is 15.6 Å². The number of nitrogens with one attached hydrogen (secondary N) is 2. The molecule has 0 bridgehead atoms. The van der Waals surface area contributed by atoms with Crippen molar-refractivity contribution >= 4 is 41.6 Å². The molecule has 8 heteroatoms. The number of unbranched alkanes of at least 4 members (excludes halogenated alkanes) is 3. The summed E-state index contributed by atoms with van der Waals surface area (Å²) in [6.45, 7) is 5.60. The van der Waals surface area contributed by atoms with Gasteiger partial charge in [0.1, 0.15) is 0 Å². The van der Waals surface area contributed by atoms with Crippen LogP contribution in [0.5, 0.6) is 11.5 Å². The number of halogens is 1. The van der Waals surface area contributed by atoms with E-state index >= 15 is 0 Å². The molecule has 0 fully saturated rings. The second-order valence-corrected chi connectivity index (χ2v) is 5.89. The molecule has 0 spiro atoms. The number of hydrogen-bond acceptors (Lipinski definition) is 5. The van der Waals surface area contributed by atoms with Gasteiger partial charge in [-0.3, -0.25) is 9.79 Å². The number of hydrogen-bond donors (Lipinski definition) is 2. The predicted molar refractivity (Wildman–Crippen MR) is 124 cm³/mol. The second-order valence-electron chi connectivity index (χ2n) is 5.89. The smallest absolute Gasteiger partial charge is 0.305 e. The molecule has 0 saturated carbocycles. The fourth-order valence-electron chi connectivity index (χ4n) is 2.53. The van der Waals surface area contributed by atoms with Crippen molar-refractivity contribution in [1.82, 2.24) is 5.32 Å². The quantitative estimate of drug-likeness (QED) is 0.145. The van der Waals surface area contributed by atoms with Gasteiger partial charge in [0.2, 0.25) is 0 Å². The average molecular weight is 507 g/mol. The van der Waals surface area contributed by atoms with Gasteiger partial charge in [0.05, 0.1) is 20.3 Å². The number of anilines is 1. The number of benzene rings is 1. The summed E-state index contributed by atoms with van der Waals surface area (Å²) in [6, 6.07) is 5.68. The molecule has 0 aliphatic rings. The summed E-state index contributed by atoms with van der Waals surface area (Å²) in [6.07, 6.45) is 4.46. The van der Waals surface area contributed by atoms with Gasteiger partial charge in [0, 0.05) is 31.8 Å². The van der Waals surface area contributed by atoms with Gasteiger partial charge in [-0.1, -0.05) is 12.8 Å². The fraction of sp³-hybridized carbons (Fsp3) is 0.600. The van der Waals surface area contributed by atoms with Crippen LogP contribution in [0.15, 0.2) is 23.2 Å². The van der Waals surface area contributed by atoms with Gasteiger partial charge in [0.25, 0.3) is 0 Å². The Hall–Kier alpha value is -1.71. The highest BCUT2D eigenvalue weighted by molar-refractivity contribution is 14.0. The second kappa shape index (κ2) is 16.3. The van der Waals surface area contributed by atoms with Crippen molar-refractivity contribution in [2.75, 3.05) is 39.2 Å². The molecular weight excluding hydrogens is 473 g/mol. The molecule has 0 atom stereocenters. The first-order chi connectivity index (χ1) is 13.1. The lowest BCUT2D eigenvalue weighted by atomic mass is 10.1. The fourth-order valence-corrected chi connectivity index (χ4v) is 2.53. The third kappa shape index (κ3) is 10.6. The molecule has 0 aliphatic carbocycles. The van der Waals surface area contributed by atoms with Crippen LogP contribution >= 0.6 is 24.0 Å². The van der Waals surface area contributed by atoms with Crippen molar-refractivity contribution in [2.24, 2.45) is 4.99 Å². The first-order valence-corrected chi connectivity index (χ1v) is 9.58. The molecule has 7 nitrogen and oxygen atoms in total. The molecule has 2 N–H and O–H groups in total. The van der Waals surface area contributed by atoms with Crippen molar-refractivity contribution in [3.05, 3.63) is 18.2 Å². The van der Waals surface area contributed by atoms with Gasteiger partial charge in [-0.15, -0.1) is 24.0 Å². The van der Waals surface area contributed by atoms with Crippen LogP contribution in [0.2, 0.25) is 0 Å². The average Bonchev–Trinajstić information content (AvgIpc) is 2.67. The van der Waals surface area contributed by atoms with Crippen LogP contribution in [-0.4, -0.2) is 45.8 Å². The van der Waals surface area contributed by atoms with E-state index in [1.54, 1.807) is 14.2 Å². The van der Waals surface area contributed by atoms with Gasteiger partial charge >= 0.3 is 5.97 Å². The van der Waals surface area contributed by atoms with Crippen LogP contribution in [0.1, 0.15) is 46.0 Å². The third-order valence-electron chi connectivity index (χ3n) is 3.86. The zero-order chi connectivity index (χ0) is 19.9. The van der Waals surface area contributed by atoms with Crippen LogP contribution < -0.4 is 20.1 Å². The molecule has 0 aromatic heterocycles. The molecule has 1 aromatic rings. The molecule has 0 amide bonds. The van der Waals surface area contributed by atoms with Crippen molar-refractivity contribution in [3.63, 3.8) is 0 Å². The molecule has 0 unspecified atom stereocenters. The molecule has 0 saturated heterocycles. The zero-order valence-electron chi connectivity index (χ0n) is 17.4. The minimum atomic E-state index is -0.105. The number of carbonyl (C=O) groups is 1. The molecule has 160 valence electrons. The number of guanidine groups is 1. The lowest BCUT2D eigenvalue weighted by molar-refractivity contribution is -0.143. The summed E-state index contributed by atoms with van der Waals surface area (Å²) in [7, 11) is 3.36. The maximum atomic E-state index is 11.3.